The number of carbonyl (C=O) groups excluding carboxylic acids is 3. The topological polar surface area (TPSA) is 88.1 Å². The molecule has 0 aliphatic heterocycles. The van der Waals surface area contributed by atoms with E-state index in [9.17, 15) is 14.4 Å². The van der Waals surface area contributed by atoms with Crippen molar-refractivity contribution in [3.63, 3.8) is 0 Å². The van der Waals surface area contributed by atoms with E-state index in [0.717, 1.165) is 22.3 Å². The number of ether oxygens (including phenoxy) is 4. The zero-order valence-corrected chi connectivity index (χ0v) is 22.0. The summed E-state index contributed by atoms with van der Waals surface area (Å²) in [4.78, 5) is 36.7. The van der Waals surface area contributed by atoms with Crippen LogP contribution in [0.5, 0.6) is 17.2 Å². The maximum atomic E-state index is 12.8. The highest BCUT2D eigenvalue weighted by atomic mass is 16.7. The van der Waals surface area contributed by atoms with Crippen molar-refractivity contribution in [2.75, 3.05) is 6.79 Å². The third-order valence-corrected chi connectivity index (χ3v) is 6.55. The van der Waals surface area contributed by atoms with E-state index in [0.29, 0.717) is 28.4 Å². The zero-order chi connectivity index (χ0) is 28.2. The van der Waals surface area contributed by atoms with Crippen molar-refractivity contribution in [2.45, 2.75) is 19.8 Å². The molecule has 0 aromatic heterocycles. The molecule has 0 saturated heterocycles. The van der Waals surface area contributed by atoms with Crippen molar-refractivity contribution in [3.8, 4) is 28.4 Å². The minimum atomic E-state index is -0.543. The van der Waals surface area contributed by atoms with Crippen molar-refractivity contribution in [1.29, 1.82) is 0 Å². The highest BCUT2D eigenvalue weighted by Crippen LogP contribution is 2.47. The molecule has 4 aromatic carbocycles. The first-order chi connectivity index (χ1) is 19.3. The molecule has 40 heavy (non-hydrogen) atoms. The fraction of sp³-hybridized carbons (Fsp3) is 0.121. The van der Waals surface area contributed by atoms with Gasteiger partial charge in [-0.15, -0.1) is 0 Å². The molecule has 0 heterocycles. The van der Waals surface area contributed by atoms with Crippen LogP contribution in [0.3, 0.4) is 0 Å². The van der Waals surface area contributed by atoms with Crippen molar-refractivity contribution < 1.29 is 33.3 Å². The first-order valence-electron chi connectivity index (χ1n) is 12.6. The van der Waals surface area contributed by atoms with Gasteiger partial charge >= 0.3 is 17.9 Å². The van der Waals surface area contributed by atoms with Gasteiger partial charge in [-0.25, -0.2) is 14.4 Å². The molecule has 1 atom stereocenters. The van der Waals surface area contributed by atoms with Crippen LogP contribution in [-0.2, 0) is 9.53 Å². The van der Waals surface area contributed by atoms with Gasteiger partial charge in [-0.1, -0.05) is 43.8 Å². The first-order valence-corrected chi connectivity index (χ1v) is 12.6. The average Bonchev–Trinajstić information content (AvgIpc) is 3.24. The summed E-state index contributed by atoms with van der Waals surface area (Å²) < 4.78 is 21.5. The first kappa shape index (κ1) is 26.4. The molecule has 0 radical (unpaired) electrons. The number of hydrogen-bond acceptors (Lipinski definition) is 7. The molecule has 0 spiro atoms. The lowest BCUT2D eigenvalue weighted by molar-refractivity contribution is -0.145. The Labute approximate surface area is 231 Å². The number of carbonyl (C=O) groups is 3. The monoisotopic (exact) mass is 534 g/mol. The van der Waals surface area contributed by atoms with Gasteiger partial charge < -0.3 is 18.9 Å². The lowest BCUT2D eigenvalue weighted by atomic mass is 9.99. The van der Waals surface area contributed by atoms with E-state index in [1.165, 1.54) is 0 Å². The number of hydrogen-bond donors (Lipinski definition) is 0. The Morgan fingerprint density at radius 1 is 0.700 bits per heavy atom. The summed E-state index contributed by atoms with van der Waals surface area (Å²) in [7, 11) is 0. The molecule has 0 amide bonds. The Hall–Kier alpha value is -5.17. The lowest BCUT2D eigenvalue weighted by Crippen LogP contribution is -2.11. The van der Waals surface area contributed by atoms with Gasteiger partial charge in [-0.05, 0) is 89.8 Å². The SMILES string of the molecule is C=C(C)C(=O)OCOc1ccc(C(=O)Oc2ccc3c(c2)C(C)c2cc(OC(=O)c4ccccc4)ccc2-3)cc1. The summed E-state index contributed by atoms with van der Waals surface area (Å²) >= 11 is 0. The van der Waals surface area contributed by atoms with Crippen LogP contribution in [0.15, 0.2) is 103 Å². The van der Waals surface area contributed by atoms with Crippen LogP contribution in [0.1, 0.15) is 51.6 Å². The normalized spacial score (nSPS) is 13.0. The van der Waals surface area contributed by atoms with Gasteiger partial charge in [-0.2, -0.15) is 0 Å². The van der Waals surface area contributed by atoms with Crippen LogP contribution in [0.2, 0.25) is 0 Å². The van der Waals surface area contributed by atoms with E-state index < -0.39 is 17.9 Å². The summed E-state index contributed by atoms with van der Waals surface area (Å²) in [6.07, 6.45) is 0. The van der Waals surface area contributed by atoms with Gasteiger partial charge in [-0.3, -0.25) is 0 Å². The van der Waals surface area contributed by atoms with E-state index >= 15 is 0 Å². The largest absolute Gasteiger partial charge is 0.457 e. The van der Waals surface area contributed by atoms with Crippen molar-refractivity contribution in [1.82, 2.24) is 0 Å². The number of rotatable bonds is 8. The van der Waals surface area contributed by atoms with Gasteiger partial charge in [0.15, 0.2) is 0 Å². The minimum Gasteiger partial charge on any atom is -0.457 e. The van der Waals surface area contributed by atoms with Crippen LogP contribution in [-0.4, -0.2) is 24.7 Å². The van der Waals surface area contributed by atoms with Crippen molar-refractivity contribution in [2.24, 2.45) is 0 Å². The molecule has 0 bridgehead atoms. The standard InChI is InChI=1S/C33H26O7/c1-20(2)31(34)38-19-37-24-11-9-23(10-12-24)33(36)40-26-14-16-28-27-15-13-25(17-29(27)21(3)30(28)18-26)39-32(35)22-7-5-4-6-8-22/h4-18,21H,1,19H2,2-3H3. The van der Waals surface area contributed by atoms with Crippen LogP contribution >= 0.6 is 0 Å². The molecule has 0 fully saturated rings. The van der Waals surface area contributed by atoms with E-state index in [1.54, 1.807) is 67.6 Å². The second-order valence-corrected chi connectivity index (χ2v) is 9.36. The van der Waals surface area contributed by atoms with Gasteiger partial charge in [0.25, 0.3) is 0 Å². The van der Waals surface area contributed by atoms with E-state index in [4.69, 9.17) is 18.9 Å². The highest BCUT2D eigenvalue weighted by molar-refractivity contribution is 5.92. The quantitative estimate of drug-likeness (QED) is 0.107. The molecule has 7 nitrogen and oxygen atoms in total. The molecule has 4 aromatic rings. The van der Waals surface area contributed by atoms with Crippen LogP contribution in [0, 0.1) is 0 Å². The van der Waals surface area contributed by atoms with Crippen molar-refractivity contribution >= 4 is 17.9 Å². The third-order valence-electron chi connectivity index (χ3n) is 6.55. The van der Waals surface area contributed by atoms with Crippen LogP contribution in [0.25, 0.3) is 11.1 Å². The number of fused-ring (bicyclic) bond motifs is 3. The predicted molar refractivity (Wildman–Crippen MR) is 149 cm³/mol. The fourth-order valence-corrected chi connectivity index (χ4v) is 4.45. The van der Waals surface area contributed by atoms with E-state index in [-0.39, 0.29) is 18.3 Å². The molecule has 1 aliphatic carbocycles. The molecular weight excluding hydrogens is 508 g/mol. The summed E-state index contributed by atoms with van der Waals surface area (Å²) in [5.74, 6) is -0.133. The maximum absolute atomic E-state index is 12.8. The highest BCUT2D eigenvalue weighted by Gasteiger charge is 2.27. The average molecular weight is 535 g/mol. The Kier molecular flexibility index (Phi) is 7.46. The molecule has 5 rings (SSSR count). The van der Waals surface area contributed by atoms with E-state index in [2.05, 4.69) is 13.5 Å². The maximum Gasteiger partial charge on any atom is 0.343 e. The summed E-state index contributed by atoms with van der Waals surface area (Å²) in [5.41, 5.74) is 5.23. The lowest BCUT2D eigenvalue weighted by Gasteiger charge is -2.10. The minimum absolute atomic E-state index is 0.00874. The molecule has 1 aliphatic rings. The second-order valence-electron chi connectivity index (χ2n) is 9.36. The third kappa shape index (κ3) is 5.63. The van der Waals surface area contributed by atoms with Gasteiger partial charge in [0.1, 0.15) is 17.2 Å². The Bertz CT molecular complexity index is 1600. The van der Waals surface area contributed by atoms with Crippen LogP contribution in [0.4, 0.5) is 0 Å². The predicted octanol–water partition coefficient (Wildman–Crippen LogP) is 6.71. The van der Waals surface area contributed by atoms with Gasteiger partial charge in [0, 0.05) is 11.5 Å². The summed E-state index contributed by atoms with van der Waals surface area (Å²) in [5, 5.41) is 0. The molecular formula is C33H26O7. The molecule has 0 saturated carbocycles. The smallest absolute Gasteiger partial charge is 0.343 e. The summed E-state index contributed by atoms with van der Waals surface area (Å²) in [6, 6.07) is 26.3. The number of benzene rings is 4. The fourth-order valence-electron chi connectivity index (χ4n) is 4.45. The number of esters is 3. The van der Waals surface area contributed by atoms with Gasteiger partial charge in [0.05, 0.1) is 11.1 Å². The second kappa shape index (κ2) is 11.3. The molecule has 1 unspecified atom stereocenters. The Morgan fingerprint density at radius 3 is 1.73 bits per heavy atom. The summed E-state index contributed by atoms with van der Waals surface area (Å²) in [6.45, 7) is 6.85. The Balaban J connectivity index is 1.24. The van der Waals surface area contributed by atoms with E-state index in [1.807, 2.05) is 30.3 Å². The molecule has 200 valence electrons. The van der Waals surface area contributed by atoms with Crippen LogP contribution < -0.4 is 14.2 Å². The Morgan fingerprint density at radius 2 is 1.20 bits per heavy atom. The zero-order valence-electron chi connectivity index (χ0n) is 22.0. The molecule has 0 N–H and O–H groups in total. The van der Waals surface area contributed by atoms with Gasteiger partial charge in [0.2, 0.25) is 6.79 Å². The van der Waals surface area contributed by atoms with Crippen molar-refractivity contribution in [3.05, 3.63) is 125 Å². The molecule has 7 heteroatoms.